The maximum absolute atomic E-state index is 13.2. The molecule has 0 atom stereocenters. The number of azide groups is 1. The molecule has 0 fully saturated rings. The van der Waals surface area contributed by atoms with Gasteiger partial charge in [-0.2, -0.15) is 0 Å². The van der Waals surface area contributed by atoms with Gasteiger partial charge in [0.05, 0.1) is 11.3 Å². The fourth-order valence-corrected chi connectivity index (χ4v) is 5.12. The summed E-state index contributed by atoms with van der Waals surface area (Å²) in [6.07, 6.45) is 0.733. The molecule has 0 saturated carbocycles. The first-order valence-electron chi connectivity index (χ1n) is 11.3. The number of carbonyl (C=O) groups is 3. The van der Waals surface area contributed by atoms with Crippen molar-refractivity contribution in [1.29, 1.82) is 0 Å². The normalized spacial score (nSPS) is 12.2. The molecule has 194 valence electrons. The molecule has 3 aromatic rings. The van der Waals surface area contributed by atoms with E-state index in [0.717, 1.165) is 12.1 Å². The number of para-hydroxylation sites is 1. The average Bonchev–Trinajstić information content (AvgIpc) is 2.90. The summed E-state index contributed by atoms with van der Waals surface area (Å²) < 4.78 is 33.7. The lowest BCUT2D eigenvalue weighted by Crippen LogP contribution is -2.22. The summed E-state index contributed by atoms with van der Waals surface area (Å²) in [5.74, 6) is -4.25. The number of nitrogens with one attached hydrogen (secondary N) is 1. The predicted molar refractivity (Wildman–Crippen MR) is 134 cm³/mol. The average molecular weight is 537 g/mol. The molecule has 0 aromatic heterocycles. The zero-order chi connectivity index (χ0) is 27.4. The van der Waals surface area contributed by atoms with Crippen LogP contribution in [0, 0.1) is 0 Å². The van der Waals surface area contributed by atoms with E-state index in [9.17, 15) is 33.0 Å². The monoisotopic (exact) mass is 536 g/mol. The number of fused-ring (bicyclic) bond motifs is 2. The van der Waals surface area contributed by atoms with Crippen molar-refractivity contribution in [3.63, 3.8) is 0 Å². The van der Waals surface area contributed by atoms with Crippen molar-refractivity contribution in [3.05, 3.63) is 87.3 Å². The van der Waals surface area contributed by atoms with E-state index in [1.165, 1.54) is 30.3 Å². The molecule has 0 aliphatic heterocycles. The van der Waals surface area contributed by atoms with Crippen LogP contribution in [0.4, 0.5) is 5.69 Å². The van der Waals surface area contributed by atoms with Gasteiger partial charge in [0, 0.05) is 34.6 Å². The smallest absolute Gasteiger partial charge is 0.311 e. The summed E-state index contributed by atoms with van der Waals surface area (Å²) in [5, 5.41) is 24.5. The standard InChI is InChI=1S/C25H20N4O8S/c26-29-27-12-6-5-11-20(30)37-18-9-3-4-10-19(18)38(35,36)28-17-13-16-21(25(34)24(17)33)23(32)15-8-2-1-7-14(15)22(16)31/h1-4,7-10,13,28,33-34H,5-6,11-12H2. The van der Waals surface area contributed by atoms with Gasteiger partial charge in [0.1, 0.15) is 4.90 Å². The third kappa shape index (κ3) is 5.01. The molecular formula is C25H20N4O8S. The minimum absolute atomic E-state index is 0.0431. The van der Waals surface area contributed by atoms with Crippen LogP contribution in [0.5, 0.6) is 17.2 Å². The highest BCUT2D eigenvalue weighted by atomic mass is 32.2. The van der Waals surface area contributed by atoms with Gasteiger partial charge in [-0.1, -0.05) is 41.5 Å². The molecule has 0 spiro atoms. The first kappa shape index (κ1) is 26.2. The maximum atomic E-state index is 13.2. The number of nitrogens with zero attached hydrogens (tertiary/aromatic N) is 3. The number of carbonyl (C=O) groups excluding carboxylic acids is 3. The lowest BCUT2D eigenvalue weighted by molar-refractivity contribution is -0.134. The number of ether oxygens (including phenoxy) is 1. The van der Waals surface area contributed by atoms with Gasteiger partial charge in [0.25, 0.3) is 10.0 Å². The van der Waals surface area contributed by atoms with Gasteiger partial charge >= 0.3 is 5.97 Å². The molecule has 12 nitrogen and oxygen atoms in total. The van der Waals surface area contributed by atoms with Crippen LogP contribution >= 0.6 is 0 Å². The van der Waals surface area contributed by atoms with Crippen molar-refractivity contribution in [1.82, 2.24) is 0 Å². The van der Waals surface area contributed by atoms with Crippen molar-refractivity contribution in [2.45, 2.75) is 24.2 Å². The van der Waals surface area contributed by atoms with Crippen LogP contribution in [0.3, 0.4) is 0 Å². The fourth-order valence-electron chi connectivity index (χ4n) is 3.93. The lowest BCUT2D eigenvalue weighted by atomic mass is 9.83. The molecule has 0 bridgehead atoms. The number of rotatable bonds is 9. The Morgan fingerprint density at radius 3 is 2.32 bits per heavy atom. The van der Waals surface area contributed by atoms with Gasteiger partial charge in [0.15, 0.2) is 28.8 Å². The molecule has 4 rings (SSSR count). The first-order chi connectivity index (χ1) is 18.2. The molecule has 38 heavy (non-hydrogen) atoms. The van der Waals surface area contributed by atoms with Gasteiger partial charge < -0.3 is 14.9 Å². The second-order valence-corrected chi connectivity index (χ2v) is 9.84. The topological polar surface area (TPSA) is 196 Å². The number of phenols is 2. The fraction of sp³-hybridized carbons (Fsp3) is 0.160. The number of hydrogen-bond acceptors (Lipinski definition) is 9. The van der Waals surface area contributed by atoms with Gasteiger partial charge in [0.2, 0.25) is 0 Å². The van der Waals surface area contributed by atoms with Crippen LogP contribution in [-0.4, -0.2) is 42.7 Å². The molecule has 0 radical (unpaired) electrons. The Bertz CT molecular complexity index is 1630. The van der Waals surface area contributed by atoms with Gasteiger partial charge in [-0.3, -0.25) is 19.1 Å². The van der Waals surface area contributed by atoms with Crippen molar-refractivity contribution in [2.24, 2.45) is 5.11 Å². The highest BCUT2D eigenvalue weighted by molar-refractivity contribution is 7.92. The first-order valence-corrected chi connectivity index (χ1v) is 12.7. The molecule has 0 saturated heterocycles. The Hall–Kier alpha value is -4.87. The highest BCUT2D eigenvalue weighted by Gasteiger charge is 2.35. The lowest BCUT2D eigenvalue weighted by Gasteiger charge is -2.21. The number of anilines is 1. The predicted octanol–water partition coefficient (Wildman–Crippen LogP) is 4.06. The van der Waals surface area contributed by atoms with Crippen LogP contribution in [0.25, 0.3) is 10.4 Å². The zero-order valence-electron chi connectivity index (χ0n) is 19.6. The number of sulfonamides is 1. The summed E-state index contributed by atoms with van der Waals surface area (Å²) >= 11 is 0. The van der Waals surface area contributed by atoms with E-state index in [1.807, 2.05) is 0 Å². The number of benzene rings is 3. The zero-order valence-corrected chi connectivity index (χ0v) is 20.4. The van der Waals surface area contributed by atoms with Crippen LogP contribution in [-0.2, 0) is 14.8 Å². The molecule has 1 aliphatic carbocycles. The van der Waals surface area contributed by atoms with Crippen molar-refractivity contribution in [3.8, 4) is 17.2 Å². The van der Waals surface area contributed by atoms with E-state index in [4.69, 9.17) is 10.3 Å². The minimum Gasteiger partial charge on any atom is -0.504 e. The Morgan fingerprint density at radius 2 is 1.61 bits per heavy atom. The Kier molecular flexibility index (Phi) is 7.33. The van der Waals surface area contributed by atoms with Crippen LogP contribution in [0.2, 0.25) is 0 Å². The van der Waals surface area contributed by atoms with Gasteiger partial charge in [-0.15, -0.1) is 0 Å². The molecule has 3 N–H and O–H groups in total. The third-order valence-electron chi connectivity index (χ3n) is 5.72. The van der Waals surface area contributed by atoms with E-state index in [2.05, 4.69) is 14.7 Å². The number of phenolic OH excluding ortho intramolecular Hbond substituents is 2. The molecular weight excluding hydrogens is 516 g/mol. The van der Waals surface area contributed by atoms with Crippen LogP contribution < -0.4 is 9.46 Å². The van der Waals surface area contributed by atoms with Crippen LogP contribution in [0.15, 0.2) is 64.6 Å². The summed E-state index contributed by atoms with van der Waals surface area (Å²) in [5.41, 5.74) is 7.11. The Morgan fingerprint density at radius 1 is 0.947 bits per heavy atom. The number of aromatic hydroxyl groups is 2. The molecule has 13 heteroatoms. The number of esters is 1. The summed E-state index contributed by atoms with van der Waals surface area (Å²) in [4.78, 5) is 40.3. The summed E-state index contributed by atoms with van der Waals surface area (Å²) in [6.45, 7) is 0.204. The minimum atomic E-state index is -4.53. The van der Waals surface area contributed by atoms with Crippen molar-refractivity contribution >= 4 is 33.2 Å². The number of ketones is 2. The highest BCUT2D eigenvalue weighted by Crippen LogP contribution is 2.44. The van der Waals surface area contributed by atoms with E-state index in [-0.39, 0.29) is 35.4 Å². The van der Waals surface area contributed by atoms with E-state index in [0.29, 0.717) is 12.8 Å². The largest absolute Gasteiger partial charge is 0.504 e. The van der Waals surface area contributed by atoms with Gasteiger partial charge in [-0.25, -0.2) is 8.42 Å². The molecule has 0 unspecified atom stereocenters. The number of unbranched alkanes of at least 4 members (excludes halogenated alkanes) is 1. The van der Waals surface area contributed by atoms with Gasteiger partial charge in [-0.05, 0) is 36.6 Å². The Balaban J connectivity index is 1.63. The van der Waals surface area contributed by atoms with E-state index >= 15 is 0 Å². The summed E-state index contributed by atoms with van der Waals surface area (Å²) in [6, 6.07) is 12.2. The number of hydrogen-bond donors (Lipinski definition) is 3. The van der Waals surface area contributed by atoms with Crippen molar-refractivity contribution < 1.29 is 37.8 Å². The SMILES string of the molecule is [N-]=[N+]=NCCCCC(=O)Oc1ccccc1S(=O)(=O)Nc1cc2c(c(O)c1O)C(=O)c1ccccc1C2=O. The second kappa shape index (κ2) is 10.6. The molecule has 0 amide bonds. The van der Waals surface area contributed by atoms with Crippen LogP contribution in [0.1, 0.15) is 51.1 Å². The second-order valence-electron chi connectivity index (χ2n) is 8.19. The third-order valence-corrected chi connectivity index (χ3v) is 7.13. The van der Waals surface area contributed by atoms with E-state index < -0.39 is 55.2 Å². The molecule has 3 aromatic carbocycles. The maximum Gasteiger partial charge on any atom is 0.311 e. The molecule has 0 heterocycles. The quantitative estimate of drug-likeness (QED) is 0.0541. The Labute approximate surface area is 216 Å². The van der Waals surface area contributed by atoms with Crippen molar-refractivity contribution in [2.75, 3.05) is 11.3 Å². The molecule has 1 aliphatic rings. The van der Waals surface area contributed by atoms with E-state index in [1.54, 1.807) is 12.1 Å². The summed E-state index contributed by atoms with van der Waals surface area (Å²) in [7, 11) is -4.53.